The minimum absolute atomic E-state index is 0.843. The Morgan fingerprint density at radius 3 is 2.32 bits per heavy atom. The summed E-state index contributed by atoms with van der Waals surface area (Å²) in [5, 5.41) is 4.09. The Morgan fingerprint density at radius 2 is 1.71 bits per heavy atom. The maximum atomic E-state index is 5.35. The maximum Gasteiger partial charge on any atom is 0.141 e. The first-order valence-corrected chi connectivity index (χ1v) is 9.33. The lowest BCUT2D eigenvalue weighted by molar-refractivity contribution is 0.393. The number of anilines is 2. The Morgan fingerprint density at radius 1 is 0.964 bits per heavy atom. The van der Waals surface area contributed by atoms with E-state index in [0.29, 0.717) is 0 Å². The predicted molar refractivity (Wildman–Crippen MR) is 113 cm³/mol. The zero-order chi connectivity index (χ0) is 19.8. The molecule has 0 N–H and O–H groups in total. The third-order valence-corrected chi connectivity index (χ3v) is 5.23. The molecule has 0 bridgehead atoms. The number of hydrogen-bond acceptors (Lipinski definition) is 4. The van der Waals surface area contributed by atoms with E-state index in [0.717, 1.165) is 45.5 Å². The van der Waals surface area contributed by atoms with Crippen molar-refractivity contribution in [3.8, 4) is 16.8 Å². The van der Waals surface area contributed by atoms with Crippen LogP contribution in [0.4, 0.5) is 11.4 Å². The highest BCUT2D eigenvalue weighted by molar-refractivity contribution is 5.76. The van der Waals surface area contributed by atoms with Gasteiger partial charge < -0.3 is 14.0 Å². The smallest absolute Gasteiger partial charge is 0.141 e. The summed E-state index contributed by atoms with van der Waals surface area (Å²) in [6.07, 6.45) is 3.80. The third-order valence-electron chi connectivity index (χ3n) is 5.23. The lowest BCUT2D eigenvalue weighted by Gasteiger charge is -2.23. The molecule has 0 aliphatic heterocycles. The van der Waals surface area contributed by atoms with Gasteiger partial charge in [-0.15, -0.1) is 0 Å². The molecule has 0 saturated carbocycles. The molecule has 5 heteroatoms. The van der Waals surface area contributed by atoms with Gasteiger partial charge in [0.1, 0.15) is 11.6 Å². The van der Waals surface area contributed by atoms with Crippen molar-refractivity contribution < 1.29 is 4.52 Å². The van der Waals surface area contributed by atoms with Gasteiger partial charge in [-0.3, -0.25) is 0 Å². The molecule has 0 aliphatic carbocycles. The average molecular weight is 372 g/mol. The Kier molecular flexibility index (Phi) is 4.51. The quantitative estimate of drug-likeness (QED) is 0.473. The molecule has 28 heavy (non-hydrogen) atoms. The van der Waals surface area contributed by atoms with E-state index in [9.17, 15) is 0 Å². The molecular formula is C23H24N4O. The zero-order valence-corrected chi connectivity index (χ0v) is 16.9. The minimum Gasteiger partial charge on any atom is -0.361 e. The Balaban J connectivity index is 1.69. The highest BCUT2D eigenvalue weighted by Gasteiger charge is 2.15. The molecule has 0 saturated heterocycles. The average Bonchev–Trinajstić information content (AvgIpc) is 3.27. The molecule has 2 aromatic heterocycles. The molecular weight excluding hydrogens is 348 g/mol. The summed E-state index contributed by atoms with van der Waals surface area (Å²) in [7, 11) is 2.09. The molecule has 142 valence electrons. The fraction of sp³-hybridized carbons (Fsp3) is 0.217. The predicted octanol–water partition coefficient (Wildman–Crippen LogP) is 5.53. The summed E-state index contributed by atoms with van der Waals surface area (Å²) >= 11 is 0. The van der Waals surface area contributed by atoms with Crippen LogP contribution in [0.15, 0.2) is 59.4 Å². The van der Waals surface area contributed by atoms with E-state index in [2.05, 4.69) is 76.0 Å². The summed E-state index contributed by atoms with van der Waals surface area (Å²) in [6, 6.07) is 15.0. The van der Waals surface area contributed by atoms with E-state index in [1.165, 1.54) is 5.56 Å². The van der Waals surface area contributed by atoms with Crippen LogP contribution in [-0.2, 0) is 0 Å². The second-order valence-electron chi connectivity index (χ2n) is 7.12. The number of aryl methyl sites for hydroxylation is 4. The van der Waals surface area contributed by atoms with E-state index in [1.807, 2.05) is 33.2 Å². The molecule has 0 spiro atoms. The van der Waals surface area contributed by atoms with Gasteiger partial charge in [0.25, 0.3) is 0 Å². The lowest BCUT2D eigenvalue weighted by Crippen LogP contribution is -2.11. The van der Waals surface area contributed by atoms with E-state index in [1.54, 1.807) is 0 Å². The monoisotopic (exact) mass is 372 g/mol. The van der Waals surface area contributed by atoms with E-state index >= 15 is 0 Å². The van der Waals surface area contributed by atoms with Crippen molar-refractivity contribution in [3.63, 3.8) is 0 Å². The molecule has 0 fully saturated rings. The SMILES string of the molecule is Cc1ccc(-c2c(C)noc2C)cc1N(C)c1ccc(-n2ccnc2C)cc1. The molecule has 4 rings (SSSR count). The number of nitrogens with zero attached hydrogens (tertiary/aromatic N) is 4. The fourth-order valence-electron chi connectivity index (χ4n) is 3.65. The molecule has 2 aromatic carbocycles. The van der Waals surface area contributed by atoms with Crippen LogP contribution in [0.1, 0.15) is 22.8 Å². The first-order valence-electron chi connectivity index (χ1n) is 9.33. The van der Waals surface area contributed by atoms with Crippen LogP contribution in [-0.4, -0.2) is 21.8 Å². The van der Waals surface area contributed by atoms with Crippen LogP contribution < -0.4 is 4.90 Å². The van der Waals surface area contributed by atoms with E-state index < -0.39 is 0 Å². The summed E-state index contributed by atoms with van der Waals surface area (Å²) in [4.78, 5) is 6.51. The normalized spacial score (nSPS) is 11.0. The first kappa shape index (κ1) is 18.0. The number of rotatable bonds is 4. The molecule has 4 aromatic rings. The van der Waals surface area contributed by atoms with Crippen LogP contribution in [0.3, 0.4) is 0 Å². The first-order chi connectivity index (χ1) is 13.5. The van der Waals surface area contributed by atoms with Crippen molar-refractivity contribution in [1.82, 2.24) is 14.7 Å². The van der Waals surface area contributed by atoms with Gasteiger partial charge in [0.15, 0.2) is 0 Å². The van der Waals surface area contributed by atoms with Gasteiger partial charge in [-0.1, -0.05) is 17.3 Å². The van der Waals surface area contributed by atoms with Gasteiger partial charge >= 0.3 is 0 Å². The Bertz CT molecular complexity index is 1100. The Labute approximate surface area is 165 Å². The van der Waals surface area contributed by atoms with Crippen molar-refractivity contribution in [2.45, 2.75) is 27.7 Å². The number of benzene rings is 2. The van der Waals surface area contributed by atoms with Crippen LogP contribution in [0.2, 0.25) is 0 Å². The maximum absolute atomic E-state index is 5.35. The highest BCUT2D eigenvalue weighted by atomic mass is 16.5. The van der Waals surface area contributed by atoms with Crippen molar-refractivity contribution in [2.24, 2.45) is 0 Å². The van der Waals surface area contributed by atoms with E-state index in [-0.39, 0.29) is 0 Å². The zero-order valence-electron chi connectivity index (χ0n) is 16.9. The van der Waals surface area contributed by atoms with Gasteiger partial charge in [0, 0.05) is 42.1 Å². The molecule has 0 aliphatic rings. The summed E-state index contributed by atoms with van der Waals surface area (Å²) < 4.78 is 7.43. The van der Waals surface area contributed by atoms with Crippen LogP contribution in [0.25, 0.3) is 16.8 Å². The topological polar surface area (TPSA) is 47.1 Å². The van der Waals surface area contributed by atoms with Crippen LogP contribution in [0.5, 0.6) is 0 Å². The third kappa shape index (κ3) is 3.09. The molecule has 0 atom stereocenters. The van der Waals surface area contributed by atoms with Crippen LogP contribution >= 0.6 is 0 Å². The van der Waals surface area contributed by atoms with Crippen molar-refractivity contribution in [3.05, 3.63) is 77.7 Å². The van der Waals surface area contributed by atoms with Crippen molar-refractivity contribution in [2.75, 3.05) is 11.9 Å². The van der Waals surface area contributed by atoms with Crippen molar-refractivity contribution >= 4 is 11.4 Å². The summed E-state index contributed by atoms with van der Waals surface area (Å²) in [6.45, 7) is 8.07. The Hall–Kier alpha value is -3.34. The summed E-state index contributed by atoms with van der Waals surface area (Å²) in [5.41, 5.74) is 7.70. The number of hydrogen-bond donors (Lipinski definition) is 0. The van der Waals surface area contributed by atoms with Gasteiger partial charge in [-0.05, 0) is 69.2 Å². The summed E-state index contributed by atoms with van der Waals surface area (Å²) in [5.74, 6) is 1.82. The minimum atomic E-state index is 0.843. The van der Waals surface area contributed by atoms with Crippen LogP contribution in [0, 0.1) is 27.7 Å². The molecule has 5 nitrogen and oxygen atoms in total. The van der Waals surface area contributed by atoms with Crippen molar-refractivity contribution in [1.29, 1.82) is 0 Å². The lowest BCUT2D eigenvalue weighted by atomic mass is 10.0. The largest absolute Gasteiger partial charge is 0.361 e. The highest BCUT2D eigenvalue weighted by Crippen LogP contribution is 2.34. The second-order valence-corrected chi connectivity index (χ2v) is 7.12. The van der Waals surface area contributed by atoms with Gasteiger partial charge in [-0.2, -0.15) is 0 Å². The van der Waals surface area contributed by atoms with Gasteiger partial charge in [-0.25, -0.2) is 4.98 Å². The van der Waals surface area contributed by atoms with Gasteiger partial charge in [0.2, 0.25) is 0 Å². The van der Waals surface area contributed by atoms with Gasteiger partial charge in [0.05, 0.1) is 5.69 Å². The number of imidazole rings is 1. The van der Waals surface area contributed by atoms with E-state index in [4.69, 9.17) is 4.52 Å². The second kappa shape index (κ2) is 7.00. The molecule has 0 amide bonds. The number of aromatic nitrogens is 3. The molecule has 0 unspecified atom stereocenters. The fourth-order valence-corrected chi connectivity index (χ4v) is 3.65. The standard InChI is InChI=1S/C23H24N4O/c1-15-6-7-19(23-16(2)25-28-17(23)3)14-22(15)26(5)20-8-10-21(11-9-20)27-13-12-24-18(27)4/h6-14H,1-5H3. The molecule has 2 heterocycles. The molecule has 0 radical (unpaired) electrons.